The van der Waals surface area contributed by atoms with Crippen LogP contribution in [0.1, 0.15) is 20.3 Å². The molecule has 1 aliphatic carbocycles. The third kappa shape index (κ3) is 1.91. The summed E-state index contributed by atoms with van der Waals surface area (Å²) in [5.41, 5.74) is 0. The second kappa shape index (κ2) is 3.74. The third-order valence-electron chi connectivity index (χ3n) is 3.36. The first-order valence-corrected chi connectivity index (χ1v) is 6.25. The fraction of sp³-hybridized carbons (Fsp3) is 0.900. The highest BCUT2D eigenvalue weighted by molar-refractivity contribution is 8.00. The van der Waals surface area contributed by atoms with Crippen molar-refractivity contribution in [1.82, 2.24) is 5.32 Å². The molecule has 0 radical (unpaired) electrons. The highest BCUT2D eigenvalue weighted by Gasteiger charge is 2.45. The van der Waals surface area contributed by atoms with Crippen LogP contribution in [-0.4, -0.2) is 34.2 Å². The molecule has 1 saturated carbocycles. The standard InChI is InChI=1S/C10H17NO2S/c1-5-3-7(5)9-6(2)14-4-8(11-9)10(12)13/h5-9,11H,3-4H2,1-2H3,(H,12,13). The van der Waals surface area contributed by atoms with Crippen LogP contribution < -0.4 is 5.32 Å². The van der Waals surface area contributed by atoms with Gasteiger partial charge >= 0.3 is 5.97 Å². The lowest BCUT2D eigenvalue weighted by Crippen LogP contribution is -2.53. The summed E-state index contributed by atoms with van der Waals surface area (Å²) in [5, 5.41) is 12.8. The van der Waals surface area contributed by atoms with Crippen molar-refractivity contribution < 1.29 is 9.90 Å². The van der Waals surface area contributed by atoms with E-state index in [4.69, 9.17) is 5.11 Å². The van der Waals surface area contributed by atoms with E-state index in [1.165, 1.54) is 6.42 Å². The van der Waals surface area contributed by atoms with Gasteiger partial charge in [-0.05, 0) is 18.3 Å². The summed E-state index contributed by atoms with van der Waals surface area (Å²) in [4.78, 5) is 10.9. The summed E-state index contributed by atoms with van der Waals surface area (Å²) in [6.45, 7) is 4.44. The van der Waals surface area contributed by atoms with E-state index in [2.05, 4.69) is 19.2 Å². The average Bonchev–Trinajstić information content (AvgIpc) is 2.83. The maximum Gasteiger partial charge on any atom is 0.321 e. The normalized spacial score (nSPS) is 47.4. The molecule has 0 amide bonds. The molecule has 0 aromatic rings. The molecule has 2 fully saturated rings. The van der Waals surface area contributed by atoms with Crippen LogP contribution in [0.15, 0.2) is 0 Å². The number of carbonyl (C=O) groups is 1. The van der Waals surface area contributed by atoms with Gasteiger partial charge in [-0.2, -0.15) is 11.8 Å². The predicted molar refractivity (Wildman–Crippen MR) is 57.5 cm³/mol. The van der Waals surface area contributed by atoms with Crippen molar-refractivity contribution >= 4 is 17.7 Å². The molecule has 1 aliphatic heterocycles. The molecular formula is C10H17NO2S. The van der Waals surface area contributed by atoms with Crippen LogP contribution in [-0.2, 0) is 4.79 Å². The fourth-order valence-electron chi connectivity index (χ4n) is 2.23. The molecule has 2 rings (SSSR count). The van der Waals surface area contributed by atoms with Crippen LogP contribution >= 0.6 is 11.8 Å². The van der Waals surface area contributed by atoms with Crippen LogP contribution in [0.3, 0.4) is 0 Å². The molecule has 0 spiro atoms. The predicted octanol–water partition coefficient (Wildman–Crippen LogP) is 1.19. The zero-order valence-electron chi connectivity index (χ0n) is 8.56. The summed E-state index contributed by atoms with van der Waals surface area (Å²) in [6.07, 6.45) is 1.26. The number of nitrogens with one attached hydrogen (secondary N) is 1. The van der Waals surface area contributed by atoms with Gasteiger partial charge in [-0.25, -0.2) is 0 Å². The Morgan fingerprint density at radius 3 is 2.64 bits per heavy atom. The maximum absolute atomic E-state index is 10.9. The molecule has 2 N–H and O–H groups in total. The van der Waals surface area contributed by atoms with Crippen LogP contribution in [0, 0.1) is 11.8 Å². The highest BCUT2D eigenvalue weighted by atomic mass is 32.2. The Hall–Kier alpha value is -0.220. The van der Waals surface area contributed by atoms with Crippen LogP contribution in [0.4, 0.5) is 0 Å². The topological polar surface area (TPSA) is 49.3 Å². The molecule has 4 heteroatoms. The lowest BCUT2D eigenvalue weighted by molar-refractivity contribution is -0.139. The minimum atomic E-state index is -0.706. The van der Waals surface area contributed by atoms with Gasteiger partial charge in [0.15, 0.2) is 0 Å². The Morgan fingerprint density at radius 1 is 1.50 bits per heavy atom. The van der Waals surface area contributed by atoms with Crippen molar-refractivity contribution in [3.8, 4) is 0 Å². The van der Waals surface area contributed by atoms with E-state index in [9.17, 15) is 4.79 Å². The number of hydrogen-bond acceptors (Lipinski definition) is 3. The Kier molecular flexibility index (Phi) is 2.75. The molecule has 3 nitrogen and oxygen atoms in total. The first-order valence-electron chi connectivity index (χ1n) is 5.20. The summed E-state index contributed by atoms with van der Waals surface area (Å²) < 4.78 is 0. The number of aliphatic carboxylic acids is 1. The quantitative estimate of drug-likeness (QED) is 0.726. The van der Waals surface area contributed by atoms with E-state index in [1.54, 1.807) is 11.8 Å². The van der Waals surface area contributed by atoms with Gasteiger partial charge in [-0.15, -0.1) is 0 Å². The number of thioether (sulfide) groups is 1. The zero-order chi connectivity index (χ0) is 10.3. The molecule has 0 aromatic carbocycles. The Bertz CT molecular complexity index is 244. The molecular weight excluding hydrogens is 198 g/mol. The summed E-state index contributed by atoms with van der Waals surface area (Å²) in [5.74, 6) is 1.49. The van der Waals surface area contributed by atoms with Crippen molar-refractivity contribution in [2.45, 2.75) is 37.6 Å². The molecule has 80 valence electrons. The smallest absolute Gasteiger partial charge is 0.321 e. The van der Waals surface area contributed by atoms with Gasteiger partial charge < -0.3 is 5.11 Å². The highest BCUT2D eigenvalue weighted by Crippen LogP contribution is 2.44. The minimum Gasteiger partial charge on any atom is -0.480 e. The van der Waals surface area contributed by atoms with Crippen LogP contribution in [0.5, 0.6) is 0 Å². The molecule has 0 aromatic heterocycles. The second-order valence-electron chi connectivity index (χ2n) is 4.50. The average molecular weight is 215 g/mol. The minimum absolute atomic E-state index is 0.339. The zero-order valence-corrected chi connectivity index (χ0v) is 9.38. The fourth-order valence-corrected chi connectivity index (χ4v) is 3.46. The first kappa shape index (κ1) is 10.3. The number of rotatable bonds is 2. The van der Waals surface area contributed by atoms with E-state index < -0.39 is 5.97 Å². The van der Waals surface area contributed by atoms with Gasteiger partial charge in [0.05, 0.1) is 0 Å². The lowest BCUT2D eigenvalue weighted by Gasteiger charge is -2.34. The van der Waals surface area contributed by atoms with E-state index in [1.807, 2.05) is 0 Å². The summed E-state index contributed by atoms with van der Waals surface area (Å²) in [7, 11) is 0. The molecule has 1 heterocycles. The Balaban J connectivity index is 1.97. The third-order valence-corrected chi connectivity index (χ3v) is 4.70. The number of carboxylic acid groups (broad SMARTS) is 1. The van der Waals surface area contributed by atoms with Gasteiger partial charge in [0.25, 0.3) is 0 Å². The molecule has 5 unspecified atom stereocenters. The van der Waals surface area contributed by atoms with E-state index in [-0.39, 0.29) is 6.04 Å². The van der Waals surface area contributed by atoms with Gasteiger partial charge in [-0.1, -0.05) is 13.8 Å². The monoisotopic (exact) mass is 215 g/mol. The lowest BCUT2D eigenvalue weighted by atomic mass is 10.1. The maximum atomic E-state index is 10.9. The van der Waals surface area contributed by atoms with Gasteiger partial charge in [0.2, 0.25) is 0 Å². The van der Waals surface area contributed by atoms with E-state index in [0.717, 1.165) is 5.92 Å². The van der Waals surface area contributed by atoms with Crippen LogP contribution in [0.2, 0.25) is 0 Å². The molecule has 14 heavy (non-hydrogen) atoms. The first-order chi connectivity index (χ1) is 6.59. The molecule has 5 atom stereocenters. The molecule has 2 aliphatic rings. The SMILES string of the molecule is CC1CC1C1NC(C(=O)O)CSC1C. The summed E-state index contributed by atoms with van der Waals surface area (Å²) >= 11 is 1.79. The summed E-state index contributed by atoms with van der Waals surface area (Å²) in [6, 6.07) is 0.0684. The van der Waals surface area contributed by atoms with E-state index >= 15 is 0 Å². The van der Waals surface area contributed by atoms with Gasteiger partial charge in [-0.3, -0.25) is 10.1 Å². The largest absolute Gasteiger partial charge is 0.480 e. The Morgan fingerprint density at radius 2 is 2.14 bits per heavy atom. The second-order valence-corrected chi connectivity index (χ2v) is 5.91. The van der Waals surface area contributed by atoms with Crippen molar-refractivity contribution in [2.75, 3.05) is 5.75 Å². The van der Waals surface area contributed by atoms with Crippen molar-refractivity contribution in [2.24, 2.45) is 11.8 Å². The van der Waals surface area contributed by atoms with Crippen molar-refractivity contribution in [3.05, 3.63) is 0 Å². The molecule has 0 bridgehead atoms. The van der Waals surface area contributed by atoms with Crippen molar-refractivity contribution in [3.63, 3.8) is 0 Å². The Labute approximate surface area is 88.6 Å². The number of carboxylic acids is 1. The van der Waals surface area contributed by atoms with Gasteiger partial charge in [0, 0.05) is 17.0 Å². The van der Waals surface area contributed by atoms with E-state index in [0.29, 0.717) is 23.0 Å². The van der Waals surface area contributed by atoms with Crippen molar-refractivity contribution in [1.29, 1.82) is 0 Å². The number of hydrogen-bond donors (Lipinski definition) is 2. The molecule has 1 saturated heterocycles. The van der Waals surface area contributed by atoms with Gasteiger partial charge in [0.1, 0.15) is 6.04 Å². The van der Waals surface area contributed by atoms with Crippen LogP contribution in [0.25, 0.3) is 0 Å².